The Morgan fingerprint density at radius 3 is 1.08 bits per heavy atom. The summed E-state index contributed by atoms with van der Waals surface area (Å²) in [4.78, 5) is 0. The maximum Gasteiger partial charge on any atom is 2.00 e. The first-order valence-corrected chi connectivity index (χ1v) is 17.8. The van der Waals surface area contributed by atoms with E-state index in [1.54, 1.807) is 0 Å². The van der Waals surface area contributed by atoms with E-state index in [0.717, 1.165) is 0 Å². The Bertz CT molecular complexity index is 897. The van der Waals surface area contributed by atoms with Crippen LogP contribution in [0.3, 0.4) is 0 Å². The molecule has 4 aliphatic rings. The summed E-state index contributed by atoms with van der Waals surface area (Å²) in [6.07, 6.45) is 5.94. The van der Waals surface area contributed by atoms with Crippen LogP contribution < -0.4 is 10.6 Å². The van der Waals surface area contributed by atoms with E-state index in [4.69, 9.17) is 18.9 Å². The van der Waals surface area contributed by atoms with Gasteiger partial charge in [-0.3, -0.25) is 0 Å². The first-order chi connectivity index (χ1) is 18.1. The molecule has 0 saturated carbocycles. The first-order valence-electron chi connectivity index (χ1n) is 14.9. The quantitative estimate of drug-likeness (QED) is 0.196. The van der Waals surface area contributed by atoms with E-state index in [0.29, 0.717) is 47.1 Å². The van der Waals surface area contributed by atoms with Crippen LogP contribution in [0.2, 0.25) is 0 Å². The Labute approximate surface area is 250 Å². The van der Waals surface area contributed by atoms with Gasteiger partial charge in [0.15, 0.2) is 11.6 Å². The van der Waals surface area contributed by atoms with E-state index in [-0.39, 0.29) is 32.9 Å². The molecule has 4 fully saturated rings. The third-order valence-corrected chi connectivity index (χ3v) is 16.1. The zero-order valence-corrected chi connectivity index (χ0v) is 27.8. The Morgan fingerprint density at radius 2 is 0.872 bits per heavy atom. The van der Waals surface area contributed by atoms with Crippen molar-refractivity contribution in [3.8, 4) is 0 Å². The fourth-order valence-electron chi connectivity index (χ4n) is 7.50. The number of fused-ring (bicyclic) bond motifs is 2. The van der Waals surface area contributed by atoms with Crippen molar-refractivity contribution in [1.29, 1.82) is 0 Å². The molecule has 8 atom stereocenters. The Hall–Kier alpha value is -0.0805. The minimum absolute atomic E-state index is 0. The molecular weight excluding hydrogens is 566 g/mol. The third kappa shape index (κ3) is 6.05. The molecular formula is C32H48FeO4P2. The molecule has 0 bridgehead atoms. The van der Waals surface area contributed by atoms with E-state index in [2.05, 4.69) is 104 Å². The molecule has 4 saturated heterocycles. The fourth-order valence-corrected chi connectivity index (χ4v) is 14.8. The topological polar surface area (TPSA) is 36.9 Å². The average Bonchev–Trinajstić information content (AvgIpc) is 3.69. The van der Waals surface area contributed by atoms with Gasteiger partial charge in [-0.25, -0.2) is 24.3 Å². The second-order valence-electron chi connectivity index (χ2n) is 12.1. The monoisotopic (exact) mass is 614 g/mol. The molecule has 2 aromatic carbocycles. The molecule has 4 aliphatic heterocycles. The van der Waals surface area contributed by atoms with Crippen LogP contribution in [-0.4, -0.2) is 58.6 Å². The van der Waals surface area contributed by atoms with Gasteiger partial charge in [0, 0.05) is 22.6 Å². The van der Waals surface area contributed by atoms with E-state index in [1.165, 1.54) is 36.3 Å². The molecule has 0 aromatic heterocycles. The van der Waals surface area contributed by atoms with Crippen LogP contribution in [-0.2, 0) is 36.0 Å². The smallest absolute Gasteiger partial charge is 0.344 e. The predicted molar refractivity (Wildman–Crippen MR) is 161 cm³/mol. The summed E-state index contributed by atoms with van der Waals surface area (Å²) in [5.41, 5.74) is 2.59. The normalized spacial score (nSPS) is 39.5. The largest absolute Gasteiger partial charge is 2.00 e. The van der Waals surface area contributed by atoms with Crippen LogP contribution in [0.4, 0.5) is 0 Å². The third-order valence-electron chi connectivity index (χ3n) is 8.83. The zero-order chi connectivity index (χ0) is 27.2. The number of rotatable bonds is 6. The second-order valence-corrected chi connectivity index (χ2v) is 17.4. The molecule has 7 heteroatoms. The summed E-state index contributed by atoms with van der Waals surface area (Å²) < 4.78 is 24.9. The standard InChI is InChI=1S/2C16H24O2P.Fe/c2*1-5-12-14-15(18-16(3,4)17-14)13(6-2)19(12)11-9-7-8-10-11;/h2*7-10,12-15H,5-6H2,1-4H3;/q2*-1;+2/t2*12-,13-,14+,15+;/m00./s1. The molecule has 218 valence electrons. The fraction of sp³-hybridized carbons (Fsp3) is 0.688. The van der Waals surface area contributed by atoms with Gasteiger partial charge < -0.3 is 18.9 Å². The SMILES string of the molecule is CC[C@H]1[C@H]2OC(C)(C)O[C@@H]2[C@H](CC)P1c1ccc[cH-]1.CC[C@H]1[C@H]2OC(C)(C)O[C@@H]2[C@H](CC)P1c1ccc[cH-]1.[Fe+2]. The van der Waals surface area contributed by atoms with Crippen molar-refractivity contribution in [2.45, 2.75) is 140 Å². The van der Waals surface area contributed by atoms with Crippen LogP contribution in [0.5, 0.6) is 0 Å². The number of hydrogen-bond acceptors (Lipinski definition) is 4. The van der Waals surface area contributed by atoms with Crippen molar-refractivity contribution < 1.29 is 36.0 Å². The van der Waals surface area contributed by atoms with Crippen LogP contribution in [0.15, 0.2) is 48.5 Å². The summed E-state index contributed by atoms with van der Waals surface area (Å²) in [6, 6.07) is 17.8. The molecule has 0 aliphatic carbocycles. The molecule has 4 nitrogen and oxygen atoms in total. The van der Waals surface area contributed by atoms with Crippen LogP contribution in [0, 0.1) is 0 Å². The van der Waals surface area contributed by atoms with Gasteiger partial charge in [-0.15, -0.1) is 10.6 Å². The van der Waals surface area contributed by atoms with E-state index < -0.39 is 11.6 Å². The Balaban J connectivity index is 0.000000176. The minimum Gasteiger partial charge on any atom is -0.344 e. The number of ether oxygens (including phenoxy) is 4. The van der Waals surface area contributed by atoms with E-state index in [1.807, 2.05) is 0 Å². The maximum absolute atomic E-state index is 6.23. The molecule has 0 amide bonds. The maximum atomic E-state index is 6.23. The molecule has 0 unspecified atom stereocenters. The summed E-state index contributed by atoms with van der Waals surface area (Å²) in [5, 5.41) is 3.07. The van der Waals surface area contributed by atoms with Crippen molar-refractivity contribution in [3.05, 3.63) is 48.5 Å². The van der Waals surface area contributed by atoms with Crippen molar-refractivity contribution in [2.24, 2.45) is 0 Å². The molecule has 0 spiro atoms. The summed E-state index contributed by atoms with van der Waals surface area (Å²) in [6.45, 7) is 17.4. The van der Waals surface area contributed by atoms with Gasteiger partial charge in [-0.05, 0) is 53.4 Å². The van der Waals surface area contributed by atoms with Gasteiger partial charge in [0.2, 0.25) is 0 Å². The van der Waals surface area contributed by atoms with Crippen LogP contribution in [0.1, 0.15) is 81.1 Å². The number of hydrogen-bond donors (Lipinski definition) is 0. The molecule has 39 heavy (non-hydrogen) atoms. The van der Waals surface area contributed by atoms with Gasteiger partial charge in [0.05, 0.1) is 24.4 Å². The molecule has 0 radical (unpaired) electrons. The Morgan fingerprint density at radius 1 is 0.590 bits per heavy atom. The van der Waals surface area contributed by atoms with Crippen molar-refractivity contribution in [1.82, 2.24) is 0 Å². The molecule has 2 aromatic rings. The first kappa shape index (κ1) is 31.8. The van der Waals surface area contributed by atoms with Gasteiger partial charge >= 0.3 is 17.1 Å². The summed E-state index contributed by atoms with van der Waals surface area (Å²) in [7, 11) is -0.310. The van der Waals surface area contributed by atoms with Gasteiger partial charge in [-0.1, -0.05) is 43.5 Å². The second kappa shape index (κ2) is 12.7. The van der Waals surface area contributed by atoms with Crippen molar-refractivity contribution in [2.75, 3.05) is 0 Å². The van der Waals surface area contributed by atoms with Crippen molar-refractivity contribution in [3.63, 3.8) is 0 Å². The summed E-state index contributed by atoms with van der Waals surface area (Å²) in [5.74, 6) is -0.798. The zero-order valence-electron chi connectivity index (χ0n) is 24.9. The van der Waals surface area contributed by atoms with E-state index >= 15 is 0 Å². The van der Waals surface area contributed by atoms with Gasteiger partial charge in [0.1, 0.15) is 0 Å². The van der Waals surface area contributed by atoms with Crippen LogP contribution >= 0.6 is 15.8 Å². The molecule has 0 N–H and O–H groups in total. The van der Waals surface area contributed by atoms with Crippen LogP contribution in [0.25, 0.3) is 0 Å². The van der Waals surface area contributed by atoms with Crippen molar-refractivity contribution >= 4 is 26.5 Å². The minimum atomic E-state index is -0.399. The van der Waals surface area contributed by atoms with Gasteiger partial charge in [0.25, 0.3) is 0 Å². The molecule has 6 rings (SSSR count). The predicted octanol–water partition coefficient (Wildman–Crippen LogP) is 7.20. The van der Waals surface area contributed by atoms with E-state index in [9.17, 15) is 0 Å². The average molecular weight is 615 g/mol. The molecule has 4 heterocycles. The Kier molecular flexibility index (Phi) is 10.3. The van der Waals surface area contributed by atoms with Gasteiger partial charge in [-0.2, -0.15) is 24.3 Å². The summed E-state index contributed by atoms with van der Waals surface area (Å²) >= 11 is 0.